The maximum Gasteiger partial charge on any atom is 0.190 e. The van der Waals surface area contributed by atoms with Crippen molar-refractivity contribution in [1.29, 1.82) is 0 Å². The number of methoxy groups -OCH3 is 1. The minimum atomic E-state index is 0.0360. The minimum absolute atomic E-state index is 0.0360. The van der Waals surface area contributed by atoms with Crippen molar-refractivity contribution in [2.24, 2.45) is 0 Å². The van der Waals surface area contributed by atoms with Crippen LogP contribution in [0, 0.1) is 13.8 Å². The molecule has 0 unspecified atom stereocenters. The zero-order valence-electron chi connectivity index (χ0n) is 11.1. The van der Waals surface area contributed by atoms with Gasteiger partial charge in [-0.1, -0.05) is 0 Å². The topological polar surface area (TPSA) is 40.5 Å². The monoisotopic (exact) mass is 239 g/mol. The van der Waals surface area contributed by atoms with E-state index in [9.17, 15) is 4.79 Å². The Hall–Kier alpha value is -1.13. The van der Waals surface area contributed by atoms with Crippen molar-refractivity contribution >= 4 is 5.78 Å². The number of carbonyl (C=O) groups excluding carboxylic acids is 1. The molecule has 17 heavy (non-hydrogen) atoms. The van der Waals surface area contributed by atoms with E-state index in [4.69, 9.17) is 9.47 Å². The number of ketones is 1. The Morgan fingerprint density at radius 3 is 2.59 bits per heavy atom. The van der Waals surface area contributed by atoms with Gasteiger partial charge in [-0.15, -0.1) is 0 Å². The third-order valence-corrected chi connectivity index (χ3v) is 2.86. The number of aromatic nitrogens is 1. The summed E-state index contributed by atoms with van der Waals surface area (Å²) in [4.78, 5) is 11.9. The Morgan fingerprint density at radius 1 is 1.35 bits per heavy atom. The Bertz CT molecular complexity index is 382. The molecule has 0 bridgehead atoms. The van der Waals surface area contributed by atoms with E-state index < -0.39 is 0 Å². The summed E-state index contributed by atoms with van der Waals surface area (Å²) in [5.41, 5.74) is 2.90. The normalized spacial score (nSPS) is 10.8. The number of nitrogens with zero attached hydrogens (tertiary/aromatic N) is 1. The van der Waals surface area contributed by atoms with E-state index in [1.165, 1.54) is 0 Å². The molecule has 0 fully saturated rings. The highest BCUT2D eigenvalue weighted by atomic mass is 16.5. The predicted octanol–water partition coefficient (Wildman–Crippen LogP) is 1.97. The first kappa shape index (κ1) is 13.9. The van der Waals surface area contributed by atoms with E-state index in [2.05, 4.69) is 11.5 Å². The van der Waals surface area contributed by atoms with Gasteiger partial charge >= 0.3 is 0 Å². The van der Waals surface area contributed by atoms with E-state index in [1.54, 1.807) is 7.11 Å². The summed E-state index contributed by atoms with van der Waals surface area (Å²) >= 11 is 0. The first-order valence-corrected chi connectivity index (χ1v) is 5.88. The van der Waals surface area contributed by atoms with Crippen LogP contribution in [0.2, 0.25) is 0 Å². The molecule has 0 radical (unpaired) electrons. The lowest BCUT2D eigenvalue weighted by molar-refractivity contribution is 0.0576. The average Bonchev–Trinajstić information content (AvgIpc) is 2.60. The van der Waals surface area contributed by atoms with Gasteiger partial charge < -0.3 is 14.0 Å². The minimum Gasteiger partial charge on any atom is -0.382 e. The molecule has 0 amide bonds. The van der Waals surface area contributed by atoms with Gasteiger partial charge in [0.25, 0.3) is 0 Å². The Labute approximate surface area is 103 Å². The van der Waals surface area contributed by atoms with Crippen molar-refractivity contribution in [3.8, 4) is 0 Å². The van der Waals surface area contributed by atoms with Crippen LogP contribution in [0.1, 0.15) is 28.7 Å². The number of aryl methyl sites for hydroxylation is 1. The van der Waals surface area contributed by atoms with Gasteiger partial charge in [-0.2, -0.15) is 0 Å². The lowest BCUT2D eigenvalue weighted by atomic mass is 10.1. The van der Waals surface area contributed by atoms with Gasteiger partial charge in [0.05, 0.1) is 13.2 Å². The third-order valence-electron chi connectivity index (χ3n) is 2.86. The van der Waals surface area contributed by atoms with Gasteiger partial charge in [-0.05, 0) is 26.8 Å². The molecule has 4 heteroatoms. The average molecular weight is 239 g/mol. The van der Waals surface area contributed by atoms with Crippen LogP contribution in [0.25, 0.3) is 0 Å². The molecule has 0 atom stereocenters. The second-order valence-corrected chi connectivity index (χ2v) is 4.00. The van der Waals surface area contributed by atoms with Crippen LogP contribution < -0.4 is 0 Å². The SMILES string of the molecule is CCn1c(C)cc(C(=O)COCCOC)c1C. The van der Waals surface area contributed by atoms with Crippen LogP contribution >= 0.6 is 0 Å². The summed E-state index contributed by atoms with van der Waals surface area (Å²) < 4.78 is 12.2. The maximum atomic E-state index is 11.9. The fourth-order valence-corrected chi connectivity index (χ4v) is 1.95. The van der Waals surface area contributed by atoms with Gasteiger partial charge in [-0.25, -0.2) is 0 Å². The maximum absolute atomic E-state index is 11.9. The molecular formula is C13H21NO3. The number of ether oxygens (including phenoxy) is 2. The summed E-state index contributed by atoms with van der Waals surface area (Å²) in [5.74, 6) is 0.0360. The molecule has 0 aromatic carbocycles. The molecule has 1 aromatic heterocycles. The first-order valence-electron chi connectivity index (χ1n) is 5.88. The fraction of sp³-hybridized carbons (Fsp3) is 0.615. The molecule has 0 aliphatic heterocycles. The van der Waals surface area contributed by atoms with E-state index >= 15 is 0 Å². The van der Waals surface area contributed by atoms with Crippen molar-refractivity contribution in [1.82, 2.24) is 4.57 Å². The molecule has 1 aromatic rings. The largest absolute Gasteiger partial charge is 0.382 e. The van der Waals surface area contributed by atoms with Crippen molar-refractivity contribution in [2.45, 2.75) is 27.3 Å². The highest BCUT2D eigenvalue weighted by Gasteiger charge is 2.14. The summed E-state index contributed by atoms with van der Waals surface area (Å²) in [5, 5.41) is 0. The van der Waals surface area contributed by atoms with Crippen molar-refractivity contribution in [2.75, 3.05) is 26.9 Å². The molecule has 1 heterocycles. The summed E-state index contributed by atoms with van der Waals surface area (Å²) in [6.07, 6.45) is 0. The van der Waals surface area contributed by atoms with Gasteiger partial charge in [-0.3, -0.25) is 4.79 Å². The van der Waals surface area contributed by atoms with E-state index in [-0.39, 0.29) is 12.4 Å². The summed E-state index contributed by atoms with van der Waals surface area (Å²) in [6.45, 7) is 8.03. The number of carbonyl (C=O) groups is 1. The quantitative estimate of drug-likeness (QED) is 0.539. The third kappa shape index (κ3) is 3.41. The van der Waals surface area contributed by atoms with Crippen LogP contribution in [0.5, 0.6) is 0 Å². The molecule has 0 aliphatic carbocycles. The lowest BCUT2D eigenvalue weighted by Crippen LogP contribution is -2.13. The number of Topliss-reactive ketones (excluding diaryl/α,β-unsaturated/α-hetero) is 1. The van der Waals surface area contributed by atoms with E-state index in [0.717, 1.165) is 23.5 Å². The second kappa shape index (κ2) is 6.57. The molecule has 0 saturated heterocycles. The molecule has 96 valence electrons. The Kier molecular flexibility index (Phi) is 5.38. The smallest absolute Gasteiger partial charge is 0.190 e. The number of rotatable bonds is 7. The zero-order chi connectivity index (χ0) is 12.8. The first-order chi connectivity index (χ1) is 8.11. The Balaban J connectivity index is 2.63. The van der Waals surface area contributed by atoms with Crippen LogP contribution in [0.15, 0.2) is 6.07 Å². The van der Waals surface area contributed by atoms with Crippen LogP contribution in [-0.2, 0) is 16.0 Å². The van der Waals surface area contributed by atoms with Crippen molar-refractivity contribution in [3.05, 3.63) is 23.0 Å². The number of hydrogen-bond donors (Lipinski definition) is 0. The highest BCUT2D eigenvalue weighted by Crippen LogP contribution is 2.15. The molecule has 4 nitrogen and oxygen atoms in total. The molecule has 0 aliphatic rings. The molecule has 0 saturated carbocycles. The van der Waals surface area contributed by atoms with Gasteiger partial charge in [0.15, 0.2) is 5.78 Å². The standard InChI is InChI=1S/C13H21NO3/c1-5-14-10(2)8-12(11(14)3)13(15)9-17-7-6-16-4/h8H,5-7,9H2,1-4H3. The molecular weight excluding hydrogens is 218 g/mol. The predicted molar refractivity (Wildman–Crippen MR) is 66.6 cm³/mol. The van der Waals surface area contributed by atoms with E-state index in [0.29, 0.717) is 13.2 Å². The van der Waals surface area contributed by atoms with Gasteiger partial charge in [0.2, 0.25) is 0 Å². The molecule has 0 N–H and O–H groups in total. The van der Waals surface area contributed by atoms with Crippen LogP contribution in [0.3, 0.4) is 0 Å². The Morgan fingerprint density at radius 2 is 2.06 bits per heavy atom. The molecule has 1 rings (SSSR count). The van der Waals surface area contributed by atoms with E-state index in [1.807, 2.05) is 19.9 Å². The number of hydrogen-bond acceptors (Lipinski definition) is 3. The molecule has 0 spiro atoms. The van der Waals surface area contributed by atoms with Crippen molar-refractivity contribution < 1.29 is 14.3 Å². The lowest BCUT2D eigenvalue weighted by Gasteiger charge is -2.06. The fourth-order valence-electron chi connectivity index (χ4n) is 1.95. The second-order valence-electron chi connectivity index (χ2n) is 4.00. The zero-order valence-corrected chi connectivity index (χ0v) is 11.1. The van der Waals surface area contributed by atoms with Crippen molar-refractivity contribution in [3.63, 3.8) is 0 Å². The van der Waals surface area contributed by atoms with Crippen LogP contribution in [-0.4, -0.2) is 37.3 Å². The van der Waals surface area contributed by atoms with Gasteiger partial charge in [0.1, 0.15) is 6.61 Å². The summed E-state index contributed by atoms with van der Waals surface area (Å²) in [6, 6.07) is 1.93. The summed E-state index contributed by atoms with van der Waals surface area (Å²) in [7, 11) is 1.61. The van der Waals surface area contributed by atoms with Gasteiger partial charge in [0, 0.05) is 30.6 Å². The van der Waals surface area contributed by atoms with Crippen LogP contribution in [0.4, 0.5) is 0 Å². The highest BCUT2D eigenvalue weighted by molar-refractivity contribution is 5.98.